The Morgan fingerprint density at radius 2 is 1.62 bits per heavy atom. The van der Waals surface area contributed by atoms with Crippen molar-refractivity contribution in [3.63, 3.8) is 0 Å². The average Bonchev–Trinajstić information content (AvgIpc) is 3.33. The van der Waals surface area contributed by atoms with Crippen LogP contribution in [-0.2, 0) is 11.2 Å². The number of pyridine rings is 1. The number of fused-ring (bicyclic) bond motifs is 2. The third-order valence-electron chi connectivity index (χ3n) is 6.65. The first-order valence-electron chi connectivity index (χ1n) is 12.3. The highest BCUT2D eigenvalue weighted by Crippen LogP contribution is 2.39. The van der Waals surface area contributed by atoms with Gasteiger partial charge in [0.2, 0.25) is 5.91 Å². The van der Waals surface area contributed by atoms with Crippen molar-refractivity contribution in [2.75, 3.05) is 0 Å². The van der Waals surface area contributed by atoms with Gasteiger partial charge in [0.15, 0.2) is 0 Å². The second-order valence-corrected chi connectivity index (χ2v) is 8.96. The van der Waals surface area contributed by atoms with E-state index in [0.717, 1.165) is 44.5 Å². The molecule has 1 aliphatic heterocycles. The molecule has 5 aromatic rings. The first-order valence-corrected chi connectivity index (χ1v) is 12.3. The fourth-order valence-corrected chi connectivity index (χ4v) is 4.87. The molecule has 6 nitrogen and oxygen atoms in total. The van der Waals surface area contributed by atoms with Crippen LogP contribution in [0.5, 0.6) is 0 Å². The molecule has 0 saturated heterocycles. The Labute approximate surface area is 214 Å². The lowest BCUT2D eigenvalue weighted by Crippen LogP contribution is -2.32. The van der Waals surface area contributed by atoms with Crippen LogP contribution in [-0.4, -0.2) is 26.6 Å². The molecule has 0 atom stereocenters. The van der Waals surface area contributed by atoms with Gasteiger partial charge in [-0.25, -0.2) is 0 Å². The molecule has 0 spiro atoms. The predicted molar refractivity (Wildman–Crippen MR) is 145 cm³/mol. The molecule has 0 unspecified atom stereocenters. The fourth-order valence-electron chi connectivity index (χ4n) is 4.87. The molecule has 0 radical (unpaired) electrons. The molecule has 0 saturated carbocycles. The first kappa shape index (κ1) is 22.6. The quantitative estimate of drug-likeness (QED) is 0.337. The van der Waals surface area contributed by atoms with Gasteiger partial charge in [0, 0.05) is 41.2 Å². The van der Waals surface area contributed by atoms with Gasteiger partial charge in [-0.2, -0.15) is 9.78 Å². The molecule has 37 heavy (non-hydrogen) atoms. The summed E-state index contributed by atoms with van der Waals surface area (Å²) in [6, 6.07) is 29.4. The summed E-state index contributed by atoms with van der Waals surface area (Å²) >= 11 is 0. The standard InChI is InChI=1S/C31H24N4O2/c1-2-27(36)33-25-19-26-29(20-10-5-3-6-11-20)30(21-12-7-4-8-13-21)34-35(26)31(37)28(25)23-15-16-24-22(18-23)14-9-17-32-24/h3-18H,2,19H2,1H3,(H,33,36). The molecular formula is C31H24N4O2. The molecule has 1 aliphatic rings. The zero-order chi connectivity index (χ0) is 25.4. The van der Waals surface area contributed by atoms with Crippen LogP contribution in [0.3, 0.4) is 0 Å². The van der Waals surface area contributed by atoms with Gasteiger partial charge < -0.3 is 5.32 Å². The molecule has 180 valence electrons. The molecule has 6 heteroatoms. The van der Waals surface area contributed by atoms with Crippen LogP contribution in [0.2, 0.25) is 0 Å². The number of aromatic nitrogens is 3. The third-order valence-corrected chi connectivity index (χ3v) is 6.65. The number of benzene rings is 3. The number of carbonyl (C=O) groups excluding carboxylic acids is 2. The number of rotatable bonds is 5. The lowest BCUT2D eigenvalue weighted by Gasteiger charge is -2.22. The maximum atomic E-state index is 14.1. The van der Waals surface area contributed by atoms with Crippen LogP contribution < -0.4 is 5.32 Å². The lowest BCUT2D eigenvalue weighted by molar-refractivity contribution is -0.120. The first-order chi connectivity index (χ1) is 18.1. The Morgan fingerprint density at radius 3 is 2.35 bits per heavy atom. The van der Waals surface area contributed by atoms with E-state index in [4.69, 9.17) is 5.10 Å². The predicted octanol–water partition coefficient (Wildman–Crippen LogP) is 5.90. The van der Waals surface area contributed by atoms with Crippen molar-refractivity contribution < 1.29 is 9.59 Å². The SMILES string of the molecule is CCC(=O)NC1=C(c2ccc3ncccc3c2)C(=O)n2nc(-c3ccccc3)c(-c3ccccc3)c2C1. The van der Waals surface area contributed by atoms with Crippen molar-refractivity contribution in [2.45, 2.75) is 19.8 Å². The van der Waals surface area contributed by atoms with Crippen molar-refractivity contribution in [1.82, 2.24) is 20.1 Å². The van der Waals surface area contributed by atoms with Crippen molar-refractivity contribution in [1.29, 1.82) is 0 Å². The van der Waals surface area contributed by atoms with Crippen LogP contribution >= 0.6 is 0 Å². The van der Waals surface area contributed by atoms with E-state index in [0.29, 0.717) is 24.1 Å². The van der Waals surface area contributed by atoms with Crippen LogP contribution in [0.15, 0.2) is 103 Å². The van der Waals surface area contributed by atoms with Crippen molar-refractivity contribution in [2.24, 2.45) is 0 Å². The summed E-state index contributed by atoms with van der Waals surface area (Å²) < 4.78 is 1.51. The Balaban J connectivity index is 1.58. The second kappa shape index (κ2) is 9.32. The molecule has 1 amide bonds. The average molecular weight is 485 g/mol. The number of nitrogens with one attached hydrogen (secondary N) is 1. The van der Waals surface area contributed by atoms with E-state index >= 15 is 0 Å². The molecule has 6 rings (SSSR count). The zero-order valence-corrected chi connectivity index (χ0v) is 20.3. The fraction of sp³-hybridized carbons (Fsp3) is 0.0968. The summed E-state index contributed by atoms with van der Waals surface area (Å²) in [5.41, 5.74) is 6.88. The minimum absolute atomic E-state index is 0.139. The summed E-state index contributed by atoms with van der Waals surface area (Å²) in [4.78, 5) is 31.1. The highest BCUT2D eigenvalue weighted by Gasteiger charge is 2.33. The normalized spacial score (nSPS) is 13.1. The summed E-state index contributed by atoms with van der Waals surface area (Å²) in [7, 11) is 0. The van der Waals surface area contributed by atoms with Gasteiger partial charge in [-0.05, 0) is 29.3 Å². The van der Waals surface area contributed by atoms with Crippen LogP contribution in [0.1, 0.15) is 29.4 Å². The van der Waals surface area contributed by atoms with Crippen molar-refractivity contribution in [3.05, 3.63) is 114 Å². The van der Waals surface area contributed by atoms with Gasteiger partial charge in [-0.3, -0.25) is 14.6 Å². The van der Waals surface area contributed by atoms with Crippen LogP contribution in [0.4, 0.5) is 0 Å². The highest BCUT2D eigenvalue weighted by atomic mass is 16.2. The maximum Gasteiger partial charge on any atom is 0.280 e. The zero-order valence-electron chi connectivity index (χ0n) is 20.3. The lowest BCUT2D eigenvalue weighted by atomic mass is 9.92. The Hall–Kier alpha value is -4.84. The number of amides is 1. The minimum atomic E-state index is -0.268. The number of hydrogen-bond donors (Lipinski definition) is 1. The highest BCUT2D eigenvalue weighted by molar-refractivity contribution is 6.23. The maximum absolute atomic E-state index is 14.1. The van der Waals surface area contributed by atoms with Gasteiger partial charge in [0.25, 0.3) is 5.91 Å². The van der Waals surface area contributed by atoms with E-state index in [2.05, 4.69) is 10.3 Å². The molecule has 3 heterocycles. The Kier molecular flexibility index (Phi) is 5.69. The number of hydrogen-bond acceptors (Lipinski definition) is 4. The number of allylic oxidation sites excluding steroid dienone is 2. The summed E-state index contributed by atoms with van der Waals surface area (Å²) in [6.45, 7) is 1.80. The molecule has 1 N–H and O–H groups in total. The Bertz CT molecular complexity index is 1680. The van der Waals surface area contributed by atoms with Gasteiger partial charge in [0.05, 0.1) is 16.8 Å². The van der Waals surface area contributed by atoms with Gasteiger partial charge in [-0.15, -0.1) is 0 Å². The molecule has 0 bridgehead atoms. The van der Waals surface area contributed by atoms with Crippen LogP contribution in [0, 0.1) is 0 Å². The topological polar surface area (TPSA) is 76.9 Å². The molecule has 2 aromatic heterocycles. The summed E-state index contributed by atoms with van der Waals surface area (Å²) in [6.07, 6.45) is 2.42. The summed E-state index contributed by atoms with van der Waals surface area (Å²) in [5.74, 6) is -0.407. The van der Waals surface area contributed by atoms with E-state index in [1.54, 1.807) is 13.1 Å². The smallest absolute Gasteiger partial charge is 0.280 e. The van der Waals surface area contributed by atoms with E-state index in [1.807, 2.05) is 91.0 Å². The molecular weight excluding hydrogens is 460 g/mol. The molecule has 0 aliphatic carbocycles. The molecule has 3 aromatic carbocycles. The monoisotopic (exact) mass is 484 g/mol. The van der Waals surface area contributed by atoms with Gasteiger partial charge in [0.1, 0.15) is 5.69 Å². The van der Waals surface area contributed by atoms with E-state index in [-0.39, 0.29) is 11.8 Å². The van der Waals surface area contributed by atoms with Gasteiger partial charge in [-0.1, -0.05) is 79.7 Å². The third kappa shape index (κ3) is 4.02. The molecule has 0 fully saturated rings. The van der Waals surface area contributed by atoms with E-state index in [1.165, 1.54) is 4.68 Å². The van der Waals surface area contributed by atoms with E-state index in [9.17, 15) is 9.59 Å². The van der Waals surface area contributed by atoms with E-state index < -0.39 is 0 Å². The van der Waals surface area contributed by atoms with Crippen LogP contribution in [0.25, 0.3) is 38.9 Å². The second-order valence-electron chi connectivity index (χ2n) is 8.96. The van der Waals surface area contributed by atoms with Gasteiger partial charge >= 0.3 is 0 Å². The summed E-state index contributed by atoms with van der Waals surface area (Å²) in [5, 5.41) is 8.80. The minimum Gasteiger partial charge on any atom is -0.329 e. The number of nitrogens with zero attached hydrogens (tertiary/aromatic N) is 3. The number of carbonyl (C=O) groups is 2. The Morgan fingerprint density at radius 1 is 0.892 bits per heavy atom. The largest absolute Gasteiger partial charge is 0.329 e. The van der Waals surface area contributed by atoms with Crippen molar-refractivity contribution >= 4 is 28.3 Å². The van der Waals surface area contributed by atoms with Crippen molar-refractivity contribution in [3.8, 4) is 22.4 Å².